The van der Waals surface area contributed by atoms with Gasteiger partial charge in [-0.3, -0.25) is 4.79 Å². The molecule has 60 valence electrons. The predicted molar refractivity (Wildman–Crippen MR) is 44.2 cm³/mol. The van der Waals surface area contributed by atoms with Gasteiger partial charge in [0.1, 0.15) is 5.78 Å². The van der Waals surface area contributed by atoms with Gasteiger partial charge in [-0.25, -0.2) is 0 Å². The third kappa shape index (κ3) is 0.741. The molecule has 0 amide bonds. The van der Waals surface area contributed by atoms with E-state index in [1.807, 2.05) is 0 Å². The fourth-order valence-electron chi connectivity index (χ4n) is 2.28. The molecule has 1 heteroatoms. The van der Waals surface area contributed by atoms with Crippen LogP contribution in [0.1, 0.15) is 33.1 Å². The zero-order chi connectivity index (χ0) is 8.06. The topological polar surface area (TPSA) is 17.1 Å². The lowest BCUT2D eigenvalue weighted by Crippen LogP contribution is -2.43. The van der Waals surface area contributed by atoms with E-state index >= 15 is 0 Å². The fourth-order valence-corrected chi connectivity index (χ4v) is 2.28. The summed E-state index contributed by atoms with van der Waals surface area (Å²) in [4.78, 5) is 11.3. The average Bonchev–Trinajstić information content (AvgIpc) is 2.25. The molecule has 11 heavy (non-hydrogen) atoms. The first-order valence-electron chi connectivity index (χ1n) is 4.40. The van der Waals surface area contributed by atoms with E-state index < -0.39 is 0 Å². The van der Waals surface area contributed by atoms with E-state index in [0.29, 0.717) is 11.7 Å². The van der Waals surface area contributed by atoms with Crippen LogP contribution in [0.4, 0.5) is 0 Å². The van der Waals surface area contributed by atoms with Gasteiger partial charge in [-0.1, -0.05) is 18.6 Å². The molecule has 0 radical (unpaired) electrons. The molecule has 2 aliphatic rings. The van der Waals surface area contributed by atoms with E-state index in [2.05, 4.69) is 19.9 Å². The van der Waals surface area contributed by atoms with Crippen LogP contribution in [0.2, 0.25) is 0 Å². The molecule has 0 bridgehead atoms. The second kappa shape index (κ2) is 1.96. The van der Waals surface area contributed by atoms with Crippen molar-refractivity contribution in [3.05, 3.63) is 11.6 Å². The number of fused-ring (bicyclic) bond motifs is 1. The van der Waals surface area contributed by atoms with Crippen molar-refractivity contribution in [2.45, 2.75) is 33.1 Å². The van der Waals surface area contributed by atoms with Crippen LogP contribution in [0.25, 0.3) is 0 Å². The standard InChI is InChI=1S/C10H14O/c1-3-7-4-8-5-9(11)10(8,2)6-7/h6,8H,3-5H2,1-2H3/t8?,10-/m1/s1. The van der Waals surface area contributed by atoms with Crippen molar-refractivity contribution in [2.24, 2.45) is 11.3 Å². The van der Waals surface area contributed by atoms with Gasteiger partial charge < -0.3 is 0 Å². The Balaban J connectivity index is 2.26. The molecule has 1 nitrogen and oxygen atoms in total. The minimum absolute atomic E-state index is 0.0364. The van der Waals surface area contributed by atoms with Crippen LogP contribution in [0.15, 0.2) is 11.6 Å². The van der Waals surface area contributed by atoms with Gasteiger partial charge in [0.05, 0.1) is 0 Å². The first kappa shape index (κ1) is 7.08. The molecule has 0 saturated heterocycles. The van der Waals surface area contributed by atoms with Crippen LogP contribution in [0.5, 0.6) is 0 Å². The van der Waals surface area contributed by atoms with E-state index in [1.54, 1.807) is 0 Å². The summed E-state index contributed by atoms with van der Waals surface area (Å²) in [6.45, 7) is 4.26. The summed E-state index contributed by atoms with van der Waals surface area (Å²) in [5.74, 6) is 1.11. The molecule has 2 atom stereocenters. The van der Waals surface area contributed by atoms with Crippen molar-refractivity contribution in [1.29, 1.82) is 0 Å². The van der Waals surface area contributed by atoms with Gasteiger partial charge >= 0.3 is 0 Å². The Morgan fingerprint density at radius 1 is 1.64 bits per heavy atom. The lowest BCUT2D eigenvalue weighted by molar-refractivity contribution is -0.138. The number of Topliss-reactive ketones (excluding diaryl/α,β-unsaturated/α-hetero) is 1. The molecule has 1 fully saturated rings. The summed E-state index contributed by atoms with van der Waals surface area (Å²) in [6.07, 6.45) is 5.35. The highest BCUT2D eigenvalue weighted by Gasteiger charge is 2.52. The van der Waals surface area contributed by atoms with E-state index in [0.717, 1.165) is 12.8 Å². The zero-order valence-electron chi connectivity index (χ0n) is 7.18. The predicted octanol–water partition coefficient (Wildman–Crippen LogP) is 2.32. The number of allylic oxidation sites excluding steroid dienone is 2. The monoisotopic (exact) mass is 150 g/mol. The van der Waals surface area contributed by atoms with Crippen LogP contribution in [-0.2, 0) is 4.79 Å². The van der Waals surface area contributed by atoms with Crippen LogP contribution in [0.3, 0.4) is 0 Å². The maximum atomic E-state index is 11.3. The Morgan fingerprint density at radius 3 is 2.82 bits per heavy atom. The van der Waals surface area contributed by atoms with Crippen molar-refractivity contribution in [2.75, 3.05) is 0 Å². The molecule has 2 rings (SSSR count). The normalized spacial score (nSPS) is 41.5. The fraction of sp³-hybridized carbons (Fsp3) is 0.700. The van der Waals surface area contributed by atoms with Gasteiger partial charge in [0.25, 0.3) is 0 Å². The molecule has 0 aliphatic heterocycles. The van der Waals surface area contributed by atoms with E-state index in [9.17, 15) is 4.79 Å². The van der Waals surface area contributed by atoms with Crippen molar-refractivity contribution < 1.29 is 4.79 Å². The maximum absolute atomic E-state index is 11.3. The van der Waals surface area contributed by atoms with E-state index in [4.69, 9.17) is 0 Å². The highest BCUT2D eigenvalue weighted by atomic mass is 16.1. The summed E-state index contributed by atoms with van der Waals surface area (Å²) in [5, 5.41) is 0. The Kier molecular flexibility index (Phi) is 1.26. The molecular formula is C10H14O. The molecule has 1 unspecified atom stereocenters. The Hall–Kier alpha value is -0.590. The largest absolute Gasteiger partial charge is 0.299 e. The zero-order valence-corrected chi connectivity index (χ0v) is 7.18. The summed E-state index contributed by atoms with van der Waals surface area (Å²) >= 11 is 0. The molecule has 2 aliphatic carbocycles. The van der Waals surface area contributed by atoms with Crippen molar-refractivity contribution >= 4 is 5.78 Å². The van der Waals surface area contributed by atoms with Crippen LogP contribution >= 0.6 is 0 Å². The molecule has 0 aromatic heterocycles. The molecule has 0 heterocycles. The SMILES string of the molecule is CCC1=C[C@@]2(C)C(=O)CC2C1. The smallest absolute Gasteiger partial charge is 0.143 e. The lowest BCUT2D eigenvalue weighted by atomic mass is 9.62. The summed E-state index contributed by atoms with van der Waals surface area (Å²) in [5.41, 5.74) is 1.45. The number of rotatable bonds is 1. The summed E-state index contributed by atoms with van der Waals surface area (Å²) < 4.78 is 0. The van der Waals surface area contributed by atoms with Crippen molar-refractivity contribution in [3.63, 3.8) is 0 Å². The van der Waals surface area contributed by atoms with Gasteiger partial charge in [0.15, 0.2) is 0 Å². The Labute approximate surface area is 67.5 Å². The second-order valence-corrected chi connectivity index (χ2v) is 3.97. The Morgan fingerprint density at radius 2 is 2.36 bits per heavy atom. The summed E-state index contributed by atoms with van der Waals surface area (Å²) in [6, 6.07) is 0. The molecule has 0 spiro atoms. The van der Waals surface area contributed by atoms with E-state index in [1.165, 1.54) is 12.0 Å². The van der Waals surface area contributed by atoms with Gasteiger partial charge in [-0.15, -0.1) is 0 Å². The van der Waals surface area contributed by atoms with Crippen LogP contribution in [-0.4, -0.2) is 5.78 Å². The van der Waals surface area contributed by atoms with Crippen LogP contribution < -0.4 is 0 Å². The number of hydrogen-bond acceptors (Lipinski definition) is 1. The maximum Gasteiger partial charge on any atom is 0.143 e. The minimum Gasteiger partial charge on any atom is -0.299 e. The van der Waals surface area contributed by atoms with Gasteiger partial charge in [-0.2, -0.15) is 0 Å². The molecule has 1 saturated carbocycles. The third-order valence-electron chi connectivity index (χ3n) is 3.35. The first-order chi connectivity index (χ1) is 5.16. The van der Waals surface area contributed by atoms with Gasteiger partial charge in [0, 0.05) is 11.8 Å². The highest BCUT2D eigenvalue weighted by molar-refractivity contribution is 5.94. The van der Waals surface area contributed by atoms with E-state index in [-0.39, 0.29) is 5.41 Å². The molecule has 0 N–H and O–H groups in total. The first-order valence-corrected chi connectivity index (χ1v) is 4.40. The quantitative estimate of drug-likeness (QED) is 0.524. The summed E-state index contributed by atoms with van der Waals surface area (Å²) in [7, 11) is 0. The average molecular weight is 150 g/mol. The second-order valence-electron chi connectivity index (χ2n) is 3.97. The molecule has 0 aromatic carbocycles. The number of carbonyl (C=O) groups excluding carboxylic acids is 1. The van der Waals surface area contributed by atoms with Crippen molar-refractivity contribution in [1.82, 2.24) is 0 Å². The van der Waals surface area contributed by atoms with Crippen molar-refractivity contribution in [3.8, 4) is 0 Å². The third-order valence-corrected chi connectivity index (χ3v) is 3.35. The minimum atomic E-state index is -0.0364. The number of carbonyl (C=O) groups is 1. The van der Waals surface area contributed by atoms with Crippen LogP contribution in [0, 0.1) is 11.3 Å². The molecule has 0 aromatic rings. The van der Waals surface area contributed by atoms with Gasteiger partial charge in [-0.05, 0) is 25.7 Å². The van der Waals surface area contributed by atoms with Gasteiger partial charge in [0.2, 0.25) is 0 Å². The Bertz CT molecular complexity index is 239. The number of ketones is 1. The molecular weight excluding hydrogens is 136 g/mol. The number of hydrogen-bond donors (Lipinski definition) is 0. The highest BCUT2D eigenvalue weighted by Crippen LogP contribution is 2.53. The lowest BCUT2D eigenvalue weighted by Gasteiger charge is -2.39.